The normalized spacial score (nSPS) is 14.7. The van der Waals surface area contributed by atoms with Gasteiger partial charge in [-0.3, -0.25) is 19.2 Å². The molecule has 12 nitrogen and oxygen atoms in total. The molecule has 0 unspecified atom stereocenters. The van der Waals surface area contributed by atoms with Crippen molar-refractivity contribution in [2.45, 2.75) is 111 Å². The number of esters is 2. The third-order valence-corrected chi connectivity index (χ3v) is 12.9. The summed E-state index contributed by atoms with van der Waals surface area (Å²) < 4.78 is 17.0. The Hall–Kier alpha value is -5.56. The molecule has 2 N–H and O–H groups in total. The van der Waals surface area contributed by atoms with Crippen molar-refractivity contribution < 1.29 is 38.2 Å². The quantitative estimate of drug-likeness (QED) is 0.0655. The molecular formula is C49H62N4O8S. The van der Waals surface area contributed by atoms with Gasteiger partial charge < -0.3 is 29.7 Å². The minimum absolute atomic E-state index is 0.107. The molecule has 1 aromatic heterocycles. The maximum Gasteiger partial charge on any atom is 0.407 e. The minimum atomic E-state index is -0.938. The molecule has 4 aromatic rings. The van der Waals surface area contributed by atoms with Crippen molar-refractivity contribution in [1.29, 1.82) is 0 Å². The van der Waals surface area contributed by atoms with Crippen molar-refractivity contribution in [1.82, 2.24) is 20.5 Å². The van der Waals surface area contributed by atoms with Crippen LogP contribution in [0, 0.1) is 17.3 Å². The number of hydrogen-bond acceptors (Lipinski definition) is 10. The van der Waals surface area contributed by atoms with Gasteiger partial charge in [-0.25, -0.2) is 9.78 Å². The van der Waals surface area contributed by atoms with Crippen LogP contribution in [0.25, 0.3) is 11.1 Å². The Morgan fingerprint density at radius 1 is 0.839 bits per heavy atom. The van der Waals surface area contributed by atoms with Crippen LogP contribution in [0.4, 0.5) is 4.79 Å². The first kappa shape index (κ1) is 47.5. The summed E-state index contributed by atoms with van der Waals surface area (Å²) >= 11 is 1.19. The Kier molecular flexibility index (Phi) is 16.5. The Morgan fingerprint density at radius 3 is 2.03 bits per heavy atom. The van der Waals surface area contributed by atoms with E-state index in [2.05, 4.69) is 39.9 Å². The van der Waals surface area contributed by atoms with Gasteiger partial charge in [0.1, 0.15) is 23.4 Å². The zero-order valence-electron chi connectivity index (χ0n) is 37.4. The first-order valence-corrected chi connectivity index (χ1v) is 22.4. The van der Waals surface area contributed by atoms with Crippen LogP contribution < -0.4 is 10.6 Å². The lowest BCUT2D eigenvalue weighted by atomic mass is 9.80. The largest absolute Gasteiger partial charge is 0.466 e. The van der Waals surface area contributed by atoms with Gasteiger partial charge in [0.15, 0.2) is 6.10 Å². The Balaban J connectivity index is 1.30. The van der Waals surface area contributed by atoms with Crippen molar-refractivity contribution in [2.24, 2.45) is 17.3 Å². The number of amides is 3. The zero-order chi connectivity index (χ0) is 45.1. The molecule has 0 fully saturated rings. The summed E-state index contributed by atoms with van der Waals surface area (Å²) in [4.78, 5) is 73.3. The van der Waals surface area contributed by atoms with E-state index in [4.69, 9.17) is 14.2 Å². The van der Waals surface area contributed by atoms with Gasteiger partial charge in [0, 0.05) is 43.8 Å². The summed E-state index contributed by atoms with van der Waals surface area (Å²) in [7, 11) is 1.70. The molecule has 0 saturated carbocycles. The van der Waals surface area contributed by atoms with E-state index in [1.807, 2.05) is 89.2 Å². The van der Waals surface area contributed by atoms with Crippen LogP contribution in [0.15, 0.2) is 84.2 Å². The number of benzene rings is 3. The fourth-order valence-electron chi connectivity index (χ4n) is 8.12. The van der Waals surface area contributed by atoms with Crippen LogP contribution in [0.2, 0.25) is 0 Å². The predicted molar refractivity (Wildman–Crippen MR) is 241 cm³/mol. The third kappa shape index (κ3) is 11.9. The predicted octanol–water partition coefficient (Wildman–Crippen LogP) is 8.89. The highest BCUT2D eigenvalue weighted by Crippen LogP contribution is 2.44. The van der Waals surface area contributed by atoms with Gasteiger partial charge in [-0.2, -0.15) is 0 Å². The molecule has 0 aliphatic heterocycles. The number of hydrogen-bond donors (Lipinski definition) is 2. The second-order valence-electron chi connectivity index (χ2n) is 17.2. The lowest BCUT2D eigenvalue weighted by molar-refractivity contribution is -0.149. The van der Waals surface area contributed by atoms with E-state index in [9.17, 15) is 24.0 Å². The van der Waals surface area contributed by atoms with Gasteiger partial charge in [-0.15, -0.1) is 11.3 Å². The fourth-order valence-corrected chi connectivity index (χ4v) is 8.95. The molecule has 5 atom stereocenters. The van der Waals surface area contributed by atoms with Crippen LogP contribution >= 0.6 is 11.3 Å². The van der Waals surface area contributed by atoms with E-state index in [0.717, 1.165) is 27.8 Å². The average Bonchev–Trinajstić information content (AvgIpc) is 3.87. The molecule has 3 aromatic carbocycles. The number of aromatic nitrogens is 1. The molecule has 3 amide bonds. The summed E-state index contributed by atoms with van der Waals surface area (Å²) in [5.74, 6) is -2.31. The summed E-state index contributed by atoms with van der Waals surface area (Å²) in [6.07, 6.45) is 0.0564. The van der Waals surface area contributed by atoms with Gasteiger partial charge in [0.25, 0.3) is 5.91 Å². The number of nitrogens with one attached hydrogen (secondary N) is 2. The minimum Gasteiger partial charge on any atom is -0.466 e. The number of alkyl carbamates (subject to hydrolysis) is 1. The van der Waals surface area contributed by atoms with Gasteiger partial charge in [0.05, 0.1) is 12.5 Å². The lowest BCUT2D eigenvalue weighted by Gasteiger charge is -2.40. The standard InChI is InChI=1S/C49H62N4O8S/c1-10-49(7,8)43(52-48(58)60-28-39-37-23-17-15-21-35(37)36-22-16-18-24-38(36)39)46(56)53(9)41(30(3)4)27-42(61-32(6)54)45-51-40(29-62-45)44(55)50-34(25-31(5)47(57)59-11-2)26-33-19-13-12-14-20-33/h12-24,29-31,34,39,41-43H,10-11,25-28H2,1-9H3,(H,50,55)(H,52,58)/t31-,34-,41+,42+,43+/m0/s1. The number of carbonyl (C=O) groups excluding carboxylic acids is 5. The summed E-state index contributed by atoms with van der Waals surface area (Å²) in [6, 6.07) is 24.1. The Bertz CT molecular complexity index is 2130. The van der Waals surface area contributed by atoms with E-state index in [1.165, 1.54) is 18.3 Å². The van der Waals surface area contributed by atoms with Crippen LogP contribution in [0.3, 0.4) is 0 Å². The number of thiazole rings is 1. The molecule has 5 rings (SSSR count). The summed E-state index contributed by atoms with van der Waals surface area (Å²) in [5.41, 5.74) is 4.90. The molecular weight excluding hydrogens is 805 g/mol. The van der Waals surface area contributed by atoms with Gasteiger partial charge >= 0.3 is 18.0 Å². The number of ether oxygens (including phenoxy) is 3. The van der Waals surface area contributed by atoms with Crippen molar-refractivity contribution in [2.75, 3.05) is 20.3 Å². The molecule has 1 heterocycles. The zero-order valence-corrected chi connectivity index (χ0v) is 38.3. The number of fused-ring (bicyclic) bond motifs is 3. The van der Waals surface area contributed by atoms with E-state index < -0.39 is 53.5 Å². The number of nitrogens with zero attached hydrogens (tertiary/aromatic N) is 2. The average molecular weight is 867 g/mol. The van der Waals surface area contributed by atoms with E-state index >= 15 is 0 Å². The van der Waals surface area contributed by atoms with E-state index in [0.29, 0.717) is 24.3 Å². The summed E-state index contributed by atoms with van der Waals surface area (Å²) in [6.45, 7) is 15.0. The maximum atomic E-state index is 14.6. The van der Waals surface area contributed by atoms with Crippen LogP contribution in [0.5, 0.6) is 0 Å². The smallest absolute Gasteiger partial charge is 0.407 e. The first-order chi connectivity index (χ1) is 29.5. The van der Waals surface area contributed by atoms with Crippen molar-refractivity contribution in [3.8, 4) is 11.1 Å². The number of carbonyl (C=O) groups is 5. The van der Waals surface area contributed by atoms with E-state index in [1.54, 1.807) is 31.2 Å². The molecule has 13 heteroatoms. The Morgan fingerprint density at radius 2 is 1.45 bits per heavy atom. The topological polar surface area (TPSA) is 153 Å². The molecule has 1 aliphatic carbocycles. The second-order valence-corrected chi connectivity index (χ2v) is 18.0. The van der Waals surface area contributed by atoms with Crippen molar-refractivity contribution in [3.05, 3.63) is 112 Å². The highest BCUT2D eigenvalue weighted by Gasteiger charge is 2.41. The van der Waals surface area contributed by atoms with Crippen molar-refractivity contribution in [3.63, 3.8) is 0 Å². The molecule has 332 valence electrons. The van der Waals surface area contributed by atoms with Gasteiger partial charge in [-0.05, 0) is 65.3 Å². The van der Waals surface area contributed by atoms with Crippen molar-refractivity contribution >= 4 is 41.2 Å². The molecule has 0 saturated heterocycles. The van der Waals surface area contributed by atoms with Gasteiger partial charge in [-0.1, -0.05) is 120 Å². The van der Waals surface area contributed by atoms with Crippen LogP contribution in [-0.4, -0.2) is 78.1 Å². The monoisotopic (exact) mass is 866 g/mol. The molecule has 0 spiro atoms. The van der Waals surface area contributed by atoms with Crippen LogP contribution in [0.1, 0.15) is 119 Å². The highest BCUT2D eigenvalue weighted by atomic mass is 32.1. The van der Waals surface area contributed by atoms with Gasteiger partial charge in [0.2, 0.25) is 5.91 Å². The van der Waals surface area contributed by atoms with E-state index in [-0.39, 0.29) is 49.0 Å². The summed E-state index contributed by atoms with van der Waals surface area (Å²) in [5, 5.41) is 8.01. The lowest BCUT2D eigenvalue weighted by Crippen LogP contribution is -2.57. The number of rotatable bonds is 20. The molecule has 62 heavy (non-hydrogen) atoms. The molecule has 0 radical (unpaired) electrons. The first-order valence-electron chi connectivity index (χ1n) is 21.6. The molecule has 0 bridgehead atoms. The number of likely N-dealkylation sites (N-methyl/N-ethyl adjacent to an activating group) is 1. The van der Waals surface area contributed by atoms with Crippen LogP contribution in [-0.2, 0) is 35.0 Å². The second kappa shape index (κ2) is 21.5. The third-order valence-electron chi connectivity index (χ3n) is 11.9. The molecule has 1 aliphatic rings. The Labute approximate surface area is 370 Å². The highest BCUT2D eigenvalue weighted by molar-refractivity contribution is 7.09. The fraction of sp³-hybridized carbons (Fsp3) is 0.469. The SMILES string of the molecule is CCOC(=O)[C@@H](C)C[C@@H](Cc1ccccc1)NC(=O)c1csc([C@@H](C[C@H](C(C)C)N(C)C(=O)[C@@H](NC(=O)OCC2c3ccccc3-c3ccccc32)C(C)(C)CC)OC(C)=O)n1. The maximum absolute atomic E-state index is 14.6.